The number of benzene rings is 3. The first kappa shape index (κ1) is 33.7. The Morgan fingerprint density at radius 1 is 0.896 bits per heavy atom. The van der Waals surface area contributed by atoms with Gasteiger partial charge in [0.25, 0.3) is 0 Å². The van der Waals surface area contributed by atoms with Crippen molar-refractivity contribution < 1.29 is 14.2 Å². The van der Waals surface area contributed by atoms with Crippen LogP contribution in [0.3, 0.4) is 0 Å². The van der Waals surface area contributed by atoms with Gasteiger partial charge in [-0.2, -0.15) is 10.2 Å². The molecular formula is C37H40Cl2N6O3. The number of hydrogen-bond acceptors (Lipinski definition) is 8. The van der Waals surface area contributed by atoms with E-state index in [4.69, 9.17) is 37.4 Å². The van der Waals surface area contributed by atoms with Gasteiger partial charge in [0.15, 0.2) is 0 Å². The van der Waals surface area contributed by atoms with Crippen LogP contribution < -0.4 is 19.5 Å². The fraction of sp³-hybridized carbons (Fsp3) is 0.324. The smallest absolute Gasteiger partial charge is 0.142 e. The molecule has 5 aromatic rings. The highest BCUT2D eigenvalue weighted by Gasteiger charge is 2.20. The molecule has 9 nitrogen and oxygen atoms in total. The molecule has 2 aromatic heterocycles. The minimum Gasteiger partial charge on any atom is -0.492 e. The molecule has 250 valence electrons. The van der Waals surface area contributed by atoms with Gasteiger partial charge in [-0.15, -0.1) is 0 Å². The van der Waals surface area contributed by atoms with Crippen LogP contribution in [0.2, 0.25) is 10.0 Å². The molecule has 3 aromatic carbocycles. The van der Waals surface area contributed by atoms with Gasteiger partial charge in [-0.05, 0) is 74.3 Å². The number of hydrogen-bond donors (Lipinski definition) is 2. The van der Waals surface area contributed by atoms with E-state index in [1.807, 2.05) is 48.5 Å². The van der Waals surface area contributed by atoms with E-state index in [1.165, 1.54) is 12.8 Å². The molecule has 0 radical (unpaired) electrons. The maximum Gasteiger partial charge on any atom is 0.142 e. The number of aromatic nitrogens is 4. The van der Waals surface area contributed by atoms with E-state index in [9.17, 15) is 0 Å². The average Bonchev–Trinajstić information content (AvgIpc) is 3.62. The van der Waals surface area contributed by atoms with E-state index in [1.54, 1.807) is 18.6 Å². The van der Waals surface area contributed by atoms with Crippen molar-refractivity contribution >= 4 is 23.2 Å². The topological polar surface area (TPSA) is 97.4 Å². The second-order valence-corrected chi connectivity index (χ2v) is 12.9. The van der Waals surface area contributed by atoms with Crippen molar-refractivity contribution in [3.63, 3.8) is 0 Å². The normalized spacial score (nSPS) is 15.0. The lowest BCUT2D eigenvalue weighted by Crippen LogP contribution is -2.34. The lowest BCUT2D eigenvalue weighted by atomic mass is 9.96. The Labute approximate surface area is 291 Å². The molecule has 0 saturated carbocycles. The number of halogens is 2. The summed E-state index contributed by atoms with van der Waals surface area (Å²) in [6.07, 6.45) is 7.53. The highest BCUT2D eigenvalue weighted by molar-refractivity contribution is 6.35. The van der Waals surface area contributed by atoms with Crippen LogP contribution in [-0.2, 0) is 26.3 Å². The van der Waals surface area contributed by atoms with E-state index in [2.05, 4.69) is 56.5 Å². The van der Waals surface area contributed by atoms with Crippen LogP contribution in [0.1, 0.15) is 41.1 Å². The zero-order valence-electron chi connectivity index (χ0n) is 27.2. The molecule has 6 rings (SSSR count). The number of rotatable bonds is 14. The van der Waals surface area contributed by atoms with Crippen molar-refractivity contribution in [1.82, 2.24) is 30.4 Å². The maximum atomic E-state index is 6.96. The number of nitrogens with zero attached hydrogens (tertiary/aromatic N) is 4. The molecular weight excluding hydrogens is 647 g/mol. The Morgan fingerprint density at radius 3 is 2.56 bits per heavy atom. The standard InChI is InChI=1S/C37H40Cl2N6O3/c1-25-27(8-3-10-30(25)31-11-4-12-33(37(31)39)46-22-26-7-6-16-45(2)21-26)23-47-35-18-34(48-24-29-9-5-13-43-44-29)28(17-32(35)38)19-40-20-36-41-14-15-42-36/h3-5,8-15,17-18,26,40H,6-7,16,19-24H2,1-2H3,(H,41,42). The number of ether oxygens (including phenoxy) is 3. The summed E-state index contributed by atoms with van der Waals surface area (Å²) in [6, 6.07) is 19.5. The Morgan fingerprint density at radius 2 is 1.75 bits per heavy atom. The minimum atomic E-state index is 0.252. The molecule has 48 heavy (non-hydrogen) atoms. The van der Waals surface area contributed by atoms with Crippen molar-refractivity contribution in [2.24, 2.45) is 5.92 Å². The van der Waals surface area contributed by atoms with Gasteiger partial charge in [0.2, 0.25) is 0 Å². The monoisotopic (exact) mass is 686 g/mol. The van der Waals surface area contributed by atoms with Crippen molar-refractivity contribution in [2.45, 2.75) is 46.1 Å². The summed E-state index contributed by atoms with van der Waals surface area (Å²) in [4.78, 5) is 9.74. The van der Waals surface area contributed by atoms with Crippen LogP contribution in [0.4, 0.5) is 0 Å². The van der Waals surface area contributed by atoms with Crippen molar-refractivity contribution in [3.8, 4) is 28.4 Å². The summed E-state index contributed by atoms with van der Waals surface area (Å²) in [5, 5.41) is 12.6. The predicted molar refractivity (Wildman–Crippen MR) is 189 cm³/mol. The van der Waals surface area contributed by atoms with E-state index < -0.39 is 0 Å². The van der Waals surface area contributed by atoms with Gasteiger partial charge in [-0.25, -0.2) is 4.98 Å². The van der Waals surface area contributed by atoms with Gasteiger partial charge in [0, 0.05) is 54.8 Å². The third kappa shape index (κ3) is 8.65. The first-order chi connectivity index (χ1) is 23.4. The van der Waals surface area contributed by atoms with Crippen molar-refractivity contribution in [3.05, 3.63) is 118 Å². The SMILES string of the molecule is Cc1c(COc2cc(OCc3cccnn3)c(CNCc3ncc[nH]3)cc2Cl)cccc1-c1cccc(OCC2CCCN(C)C2)c1Cl. The van der Waals surface area contributed by atoms with E-state index in [-0.39, 0.29) is 6.61 Å². The number of H-pyrrole nitrogens is 1. The summed E-state index contributed by atoms with van der Waals surface area (Å²) in [7, 11) is 2.17. The molecule has 1 saturated heterocycles. The second kappa shape index (κ2) is 16.3. The fourth-order valence-corrected chi connectivity index (χ4v) is 6.49. The quantitative estimate of drug-likeness (QED) is 0.123. The summed E-state index contributed by atoms with van der Waals surface area (Å²) >= 11 is 13.7. The van der Waals surface area contributed by atoms with Gasteiger partial charge in [0.1, 0.15) is 42.0 Å². The molecule has 0 bridgehead atoms. The predicted octanol–water partition coefficient (Wildman–Crippen LogP) is 7.65. The molecule has 1 unspecified atom stereocenters. The van der Waals surface area contributed by atoms with Crippen molar-refractivity contribution in [2.75, 3.05) is 26.7 Å². The van der Waals surface area contributed by atoms with Gasteiger partial charge in [-0.3, -0.25) is 0 Å². The average molecular weight is 688 g/mol. The van der Waals surface area contributed by atoms with Crippen LogP contribution in [0, 0.1) is 12.8 Å². The number of aromatic amines is 1. The maximum absolute atomic E-state index is 6.96. The third-order valence-corrected chi connectivity index (χ3v) is 9.25. The Bertz CT molecular complexity index is 1790. The van der Waals surface area contributed by atoms with Crippen molar-refractivity contribution in [1.29, 1.82) is 0 Å². The summed E-state index contributed by atoms with van der Waals surface area (Å²) in [5.74, 6) is 3.22. The molecule has 3 heterocycles. The zero-order chi connectivity index (χ0) is 33.3. The van der Waals surface area contributed by atoms with Gasteiger partial charge >= 0.3 is 0 Å². The molecule has 11 heteroatoms. The fourth-order valence-electron chi connectivity index (χ4n) is 5.97. The van der Waals surface area contributed by atoms with E-state index in [0.717, 1.165) is 46.7 Å². The number of likely N-dealkylation sites (tertiary alicyclic amines) is 1. The third-order valence-electron chi connectivity index (χ3n) is 8.56. The van der Waals surface area contributed by atoms with Crippen LogP contribution >= 0.6 is 23.2 Å². The summed E-state index contributed by atoms with van der Waals surface area (Å²) in [5.41, 5.74) is 5.64. The van der Waals surface area contributed by atoms with E-state index >= 15 is 0 Å². The zero-order valence-corrected chi connectivity index (χ0v) is 28.7. The highest BCUT2D eigenvalue weighted by Crippen LogP contribution is 2.39. The van der Waals surface area contributed by atoms with Gasteiger partial charge < -0.3 is 29.4 Å². The largest absolute Gasteiger partial charge is 0.492 e. The minimum absolute atomic E-state index is 0.252. The molecule has 0 amide bonds. The molecule has 0 spiro atoms. The lowest BCUT2D eigenvalue weighted by Gasteiger charge is -2.29. The highest BCUT2D eigenvalue weighted by atomic mass is 35.5. The van der Waals surface area contributed by atoms with E-state index in [0.29, 0.717) is 65.2 Å². The summed E-state index contributed by atoms with van der Waals surface area (Å²) < 4.78 is 18.8. The Kier molecular flexibility index (Phi) is 11.5. The number of piperidine rings is 1. The van der Waals surface area contributed by atoms with Crippen LogP contribution in [0.5, 0.6) is 17.2 Å². The van der Waals surface area contributed by atoms with Crippen LogP contribution in [0.15, 0.2) is 79.3 Å². The molecule has 1 atom stereocenters. The Balaban J connectivity index is 1.17. The molecule has 0 aliphatic carbocycles. The summed E-state index contributed by atoms with van der Waals surface area (Å²) in [6.45, 7) is 6.57. The Hall–Kier alpha value is -4.15. The molecule has 1 aliphatic rings. The number of nitrogens with one attached hydrogen (secondary N) is 2. The molecule has 1 fully saturated rings. The lowest BCUT2D eigenvalue weighted by molar-refractivity contribution is 0.150. The number of imidazole rings is 1. The first-order valence-corrected chi connectivity index (χ1v) is 16.9. The van der Waals surface area contributed by atoms with Gasteiger partial charge in [-0.1, -0.05) is 53.5 Å². The first-order valence-electron chi connectivity index (χ1n) is 16.2. The molecule has 1 aliphatic heterocycles. The van der Waals surface area contributed by atoms with Crippen LogP contribution in [-0.4, -0.2) is 51.8 Å². The van der Waals surface area contributed by atoms with Gasteiger partial charge in [0.05, 0.1) is 23.2 Å². The molecule has 2 N–H and O–H groups in total. The second-order valence-electron chi connectivity index (χ2n) is 12.1. The van der Waals surface area contributed by atoms with Crippen LogP contribution in [0.25, 0.3) is 11.1 Å².